The molecule has 2 rings (SSSR count). The van der Waals surface area contributed by atoms with Gasteiger partial charge in [-0.2, -0.15) is 0 Å². The van der Waals surface area contributed by atoms with E-state index >= 15 is 0 Å². The first kappa shape index (κ1) is 17.8. The standard InChI is InChI=1S/C15H16BrFN2O3S/c1-8-12(14(20)22-6-5-21-2)13(19-15(23)18-8)10-7-9(16)3-4-11(10)17/h3-4,7,13H,5-6H2,1-2H3,(H2,18,19,23). The molecule has 0 bridgehead atoms. The fourth-order valence-corrected chi connectivity index (χ4v) is 2.88. The fraction of sp³-hybridized carbons (Fsp3) is 0.333. The molecule has 0 fully saturated rings. The van der Waals surface area contributed by atoms with Gasteiger partial charge in [-0.05, 0) is 37.3 Å². The Morgan fingerprint density at radius 2 is 2.17 bits per heavy atom. The van der Waals surface area contributed by atoms with Gasteiger partial charge in [-0.3, -0.25) is 0 Å². The molecule has 1 heterocycles. The molecule has 0 amide bonds. The lowest BCUT2D eigenvalue weighted by Gasteiger charge is -2.30. The summed E-state index contributed by atoms with van der Waals surface area (Å²) < 4.78 is 25.0. The molecule has 124 valence electrons. The largest absolute Gasteiger partial charge is 0.460 e. The highest BCUT2D eigenvalue weighted by atomic mass is 79.9. The SMILES string of the molecule is COCCOC(=O)C1=C(C)NC(=S)NC1c1cc(Br)ccc1F. The van der Waals surface area contributed by atoms with Crippen LogP contribution in [0.2, 0.25) is 0 Å². The number of ether oxygens (including phenoxy) is 2. The number of thiocarbonyl (C=S) groups is 1. The van der Waals surface area contributed by atoms with Crippen LogP contribution in [0.1, 0.15) is 18.5 Å². The predicted molar refractivity (Wildman–Crippen MR) is 91.2 cm³/mol. The molecule has 23 heavy (non-hydrogen) atoms. The van der Waals surface area contributed by atoms with Crippen molar-refractivity contribution in [1.29, 1.82) is 0 Å². The Kier molecular flexibility index (Phi) is 6.09. The number of halogens is 2. The van der Waals surface area contributed by atoms with Crippen molar-refractivity contribution in [3.8, 4) is 0 Å². The van der Waals surface area contributed by atoms with Crippen molar-refractivity contribution in [1.82, 2.24) is 10.6 Å². The minimum Gasteiger partial charge on any atom is -0.460 e. The zero-order valence-corrected chi connectivity index (χ0v) is 15.0. The molecule has 0 saturated carbocycles. The first-order valence-corrected chi connectivity index (χ1v) is 8.03. The lowest BCUT2D eigenvalue weighted by atomic mass is 9.95. The summed E-state index contributed by atoms with van der Waals surface area (Å²) in [6, 6.07) is 3.80. The number of nitrogens with one attached hydrogen (secondary N) is 2. The fourth-order valence-electron chi connectivity index (χ4n) is 2.23. The summed E-state index contributed by atoms with van der Waals surface area (Å²) in [5.41, 5.74) is 1.12. The number of hydrogen-bond donors (Lipinski definition) is 2. The molecule has 5 nitrogen and oxygen atoms in total. The third-order valence-corrected chi connectivity index (χ3v) is 3.99. The van der Waals surface area contributed by atoms with Crippen molar-refractivity contribution in [2.75, 3.05) is 20.3 Å². The maximum Gasteiger partial charge on any atom is 0.338 e. The number of hydrogen-bond acceptors (Lipinski definition) is 4. The highest BCUT2D eigenvalue weighted by Crippen LogP contribution is 2.31. The van der Waals surface area contributed by atoms with E-state index in [1.807, 2.05) is 0 Å². The molecule has 1 aliphatic heterocycles. The van der Waals surface area contributed by atoms with Gasteiger partial charge in [0.15, 0.2) is 5.11 Å². The molecular weight excluding hydrogens is 387 g/mol. The second-order valence-corrected chi connectivity index (χ2v) is 6.19. The molecule has 0 aromatic heterocycles. The van der Waals surface area contributed by atoms with E-state index in [-0.39, 0.29) is 18.8 Å². The number of esters is 1. The maximum absolute atomic E-state index is 14.2. The predicted octanol–water partition coefficient (Wildman–Crippen LogP) is 2.57. The monoisotopic (exact) mass is 402 g/mol. The number of methoxy groups -OCH3 is 1. The van der Waals surface area contributed by atoms with Gasteiger partial charge in [-0.1, -0.05) is 15.9 Å². The summed E-state index contributed by atoms with van der Waals surface area (Å²) in [4.78, 5) is 12.4. The molecular formula is C15H16BrFN2O3S. The third kappa shape index (κ3) is 4.27. The summed E-state index contributed by atoms with van der Waals surface area (Å²) in [7, 11) is 1.51. The first-order valence-electron chi connectivity index (χ1n) is 6.83. The topological polar surface area (TPSA) is 59.6 Å². The van der Waals surface area contributed by atoms with E-state index in [9.17, 15) is 9.18 Å². The molecule has 1 atom stereocenters. The van der Waals surface area contributed by atoms with E-state index in [0.29, 0.717) is 20.8 Å². The molecule has 0 saturated heterocycles. The van der Waals surface area contributed by atoms with Gasteiger partial charge in [0.1, 0.15) is 12.4 Å². The Morgan fingerprint density at radius 3 is 2.87 bits per heavy atom. The van der Waals surface area contributed by atoms with Gasteiger partial charge >= 0.3 is 5.97 Å². The summed E-state index contributed by atoms with van der Waals surface area (Å²) in [5.74, 6) is -0.989. The minimum absolute atomic E-state index is 0.115. The van der Waals surface area contributed by atoms with Crippen LogP contribution >= 0.6 is 28.1 Å². The quantitative estimate of drug-likeness (QED) is 0.448. The number of rotatable bonds is 5. The Hall–Kier alpha value is -1.51. The lowest BCUT2D eigenvalue weighted by Crippen LogP contribution is -2.45. The second-order valence-electron chi connectivity index (χ2n) is 4.86. The van der Waals surface area contributed by atoms with Gasteiger partial charge in [0.05, 0.1) is 18.2 Å². The van der Waals surface area contributed by atoms with Crippen LogP contribution in [0.25, 0.3) is 0 Å². The van der Waals surface area contributed by atoms with Crippen molar-refractivity contribution < 1.29 is 18.7 Å². The second kappa shape index (κ2) is 7.85. The zero-order chi connectivity index (χ0) is 17.0. The van der Waals surface area contributed by atoms with Gasteiger partial charge in [-0.25, -0.2) is 9.18 Å². The summed E-state index contributed by atoms with van der Waals surface area (Å²) in [5, 5.41) is 6.11. The van der Waals surface area contributed by atoms with Crippen molar-refractivity contribution >= 4 is 39.2 Å². The Balaban J connectivity index is 2.38. The highest BCUT2D eigenvalue weighted by molar-refractivity contribution is 9.10. The summed E-state index contributed by atoms with van der Waals surface area (Å²) in [6.45, 7) is 2.10. The van der Waals surface area contributed by atoms with Crippen LogP contribution < -0.4 is 10.6 Å². The summed E-state index contributed by atoms with van der Waals surface area (Å²) in [6.07, 6.45) is 0. The molecule has 1 unspecified atom stereocenters. The highest BCUT2D eigenvalue weighted by Gasteiger charge is 2.32. The van der Waals surface area contributed by atoms with Crippen molar-refractivity contribution in [3.63, 3.8) is 0 Å². The van der Waals surface area contributed by atoms with Gasteiger partial charge in [0.25, 0.3) is 0 Å². The van der Waals surface area contributed by atoms with E-state index in [0.717, 1.165) is 0 Å². The van der Waals surface area contributed by atoms with Crippen molar-refractivity contribution in [3.05, 3.63) is 45.3 Å². The van der Waals surface area contributed by atoms with E-state index in [4.69, 9.17) is 21.7 Å². The molecule has 8 heteroatoms. The number of carbonyl (C=O) groups is 1. The Labute approximate surface area is 147 Å². The van der Waals surface area contributed by atoms with Crippen LogP contribution in [0.5, 0.6) is 0 Å². The van der Waals surface area contributed by atoms with Crippen molar-refractivity contribution in [2.24, 2.45) is 0 Å². The van der Waals surface area contributed by atoms with E-state index in [1.54, 1.807) is 19.1 Å². The van der Waals surface area contributed by atoms with Gasteiger partial charge in [0, 0.05) is 22.8 Å². The number of benzene rings is 1. The molecule has 1 aliphatic rings. The van der Waals surface area contributed by atoms with E-state index < -0.39 is 17.8 Å². The average Bonchev–Trinajstić information content (AvgIpc) is 2.49. The molecule has 0 spiro atoms. The van der Waals surface area contributed by atoms with E-state index in [1.165, 1.54) is 13.2 Å². The van der Waals surface area contributed by atoms with Crippen molar-refractivity contribution in [2.45, 2.75) is 13.0 Å². The number of carbonyl (C=O) groups excluding carboxylic acids is 1. The molecule has 1 aromatic carbocycles. The number of allylic oxidation sites excluding steroid dienone is 1. The molecule has 0 radical (unpaired) electrons. The minimum atomic E-state index is -0.726. The van der Waals surface area contributed by atoms with Crippen LogP contribution in [-0.2, 0) is 14.3 Å². The van der Waals surface area contributed by atoms with Gasteiger partial charge in [0.2, 0.25) is 0 Å². The Morgan fingerprint density at radius 1 is 1.43 bits per heavy atom. The molecule has 0 aliphatic carbocycles. The van der Waals surface area contributed by atoms with Crippen LogP contribution in [0.15, 0.2) is 33.9 Å². The summed E-state index contributed by atoms with van der Waals surface area (Å²) >= 11 is 8.43. The van der Waals surface area contributed by atoms with Crippen LogP contribution in [0, 0.1) is 5.82 Å². The average molecular weight is 403 g/mol. The smallest absolute Gasteiger partial charge is 0.338 e. The Bertz CT molecular complexity index is 666. The molecule has 2 N–H and O–H groups in total. The van der Waals surface area contributed by atoms with Gasteiger partial charge < -0.3 is 20.1 Å². The zero-order valence-electron chi connectivity index (χ0n) is 12.6. The lowest BCUT2D eigenvalue weighted by molar-refractivity contribution is -0.140. The maximum atomic E-state index is 14.2. The van der Waals surface area contributed by atoms with Crippen LogP contribution in [0.4, 0.5) is 4.39 Å². The molecule has 1 aromatic rings. The first-order chi connectivity index (χ1) is 10.9. The van der Waals surface area contributed by atoms with Gasteiger partial charge in [-0.15, -0.1) is 0 Å². The van der Waals surface area contributed by atoms with E-state index in [2.05, 4.69) is 26.6 Å². The van der Waals surface area contributed by atoms with Crippen LogP contribution in [-0.4, -0.2) is 31.4 Å². The van der Waals surface area contributed by atoms with Crippen LogP contribution in [0.3, 0.4) is 0 Å². The third-order valence-electron chi connectivity index (χ3n) is 3.28. The normalized spacial score (nSPS) is 17.6.